The lowest BCUT2D eigenvalue weighted by atomic mass is 10.1. The van der Waals surface area contributed by atoms with Gasteiger partial charge in [-0.15, -0.1) is 0 Å². The fourth-order valence-electron chi connectivity index (χ4n) is 2.36. The van der Waals surface area contributed by atoms with E-state index in [2.05, 4.69) is 5.32 Å². The Kier molecular flexibility index (Phi) is 6.54. The number of primary amides is 1. The minimum absolute atomic E-state index is 0.0497. The topological polar surface area (TPSA) is 92.5 Å². The molecule has 1 amide bonds. The Hall–Kier alpha value is -1.53. The molecule has 0 saturated heterocycles. The Bertz CT molecular complexity index is 406. The summed E-state index contributed by atoms with van der Waals surface area (Å²) in [4.78, 5) is 36.6. The summed E-state index contributed by atoms with van der Waals surface area (Å²) in [5.74, 6) is -0.618. The average Bonchev–Trinajstić information content (AvgIpc) is 2.45. The van der Waals surface area contributed by atoms with Gasteiger partial charge in [-0.25, -0.2) is 0 Å². The second kappa shape index (κ2) is 7.91. The standard InChI is InChI=1S/C14H23N3O3/c1-10(18)13(8-14(15)20)17-6-4-3-5-11(16-2)7-12(19)9-17/h3-4,11,13,16H,5-9H2,1-2H3,(H2,15,20)/t11-,13-/m1/s1. The Morgan fingerprint density at radius 3 is 2.75 bits per heavy atom. The van der Waals surface area contributed by atoms with Crippen LogP contribution in [0.25, 0.3) is 0 Å². The first kappa shape index (κ1) is 16.5. The fourth-order valence-corrected chi connectivity index (χ4v) is 2.36. The van der Waals surface area contributed by atoms with Crippen molar-refractivity contribution in [2.45, 2.75) is 38.3 Å². The third-order valence-corrected chi connectivity index (χ3v) is 3.49. The Balaban J connectivity index is 2.83. The molecule has 6 nitrogen and oxygen atoms in total. The summed E-state index contributed by atoms with van der Waals surface area (Å²) in [6.07, 6.45) is 5.06. The molecule has 0 spiro atoms. The summed E-state index contributed by atoms with van der Waals surface area (Å²) < 4.78 is 0. The van der Waals surface area contributed by atoms with E-state index < -0.39 is 11.9 Å². The van der Waals surface area contributed by atoms with Gasteiger partial charge in [0.1, 0.15) is 11.6 Å². The first-order valence-corrected chi connectivity index (χ1v) is 6.80. The van der Waals surface area contributed by atoms with Gasteiger partial charge in [0.05, 0.1) is 12.6 Å². The van der Waals surface area contributed by atoms with Gasteiger partial charge in [-0.05, 0) is 20.4 Å². The Morgan fingerprint density at radius 1 is 1.50 bits per heavy atom. The van der Waals surface area contributed by atoms with E-state index in [9.17, 15) is 14.4 Å². The van der Waals surface area contributed by atoms with E-state index in [1.165, 1.54) is 6.92 Å². The molecular formula is C14H23N3O3. The third kappa shape index (κ3) is 5.22. The van der Waals surface area contributed by atoms with Gasteiger partial charge >= 0.3 is 0 Å². The molecular weight excluding hydrogens is 258 g/mol. The quantitative estimate of drug-likeness (QED) is 0.671. The average molecular weight is 281 g/mol. The molecule has 6 heteroatoms. The molecule has 0 aromatic rings. The van der Waals surface area contributed by atoms with Gasteiger partial charge in [-0.3, -0.25) is 19.3 Å². The van der Waals surface area contributed by atoms with Crippen molar-refractivity contribution in [3.05, 3.63) is 12.2 Å². The maximum Gasteiger partial charge on any atom is 0.219 e. The third-order valence-electron chi connectivity index (χ3n) is 3.49. The van der Waals surface area contributed by atoms with Crippen LogP contribution >= 0.6 is 0 Å². The van der Waals surface area contributed by atoms with Crippen molar-refractivity contribution >= 4 is 17.5 Å². The highest BCUT2D eigenvalue weighted by molar-refractivity contribution is 5.88. The van der Waals surface area contributed by atoms with Crippen molar-refractivity contribution in [3.8, 4) is 0 Å². The van der Waals surface area contributed by atoms with Gasteiger partial charge in [0, 0.05) is 25.4 Å². The lowest BCUT2D eigenvalue weighted by Gasteiger charge is -2.27. The van der Waals surface area contributed by atoms with E-state index in [1.54, 1.807) is 4.90 Å². The molecule has 0 fully saturated rings. The number of hydrogen-bond donors (Lipinski definition) is 2. The number of ketones is 2. The van der Waals surface area contributed by atoms with E-state index in [1.807, 2.05) is 19.2 Å². The zero-order chi connectivity index (χ0) is 15.1. The largest absolute Gasteiger partial charge is 0.370 e. The summed E-state index contributed by atoms with van der Waals surface area (Å²) in [6.45, 7) is 2.06. The van der Waals surface area contributed by atoms with Crippen LogP contribution in [0.5, 0.6) is 0 Å². The zero-order valence-electron chi connectivity index (χ0n) is 12.1. The lowest BCUT2D eigenvalue weighted by Crippen LogP contribution is -2.45. The Labute approximate surface area is 119 Å². The first-order valence-electron chi connectivity index (χ1n) is 6.80. The number of hydrogen-bond acceptors (Lipinski definition) is 5. The normalized spacial score (nSPS) is 22.7. The van der Waals surface area contributed by atoms with Crippen molar-refractivity contribution in [1.29, 1.82) is 0 Å². The molecule has 0 bridgehead atoms. The van der Waals surface area contributed by atoms with E-state index in [0.717, 1.165) is 6.42 Å². The van der Waals surface area contributed by atoms with E-state index in [-0.39, 0.29) is 30.6 Å². The molecule has 1 aliphatic rings. The molecule has 0 radical (unpaired) electrons. The van der Waals surface area contributed by atoms with Crippen LogP contribution in [0.4, 0.5) is 0 Å². The van der Waals surface area contributed by atoms with Gasteiger partial charge in [-0.2, -0.15) is 0 Å². The summed E-state index contributed by atoms with van der Waals surface area (Å²) in [5.41, 5.74) is 5.19. The minimum Gasteiger partial charge on any atom is -0.370 e. The van der Waals surface area contributed by atoms with Gasteiger partial charge in [-0.1, -0.05) is 12.2 Å². The predicted molar refractivity (Wildman–Crippen MR) is 76.1 cm³/mol. The van der Waals surface area contributed by atoms with E-state index in [4.69, 9.17) is 5.73 Å². The van der Waals surface area contributed by atoms with Crippen LogP contribution < -0.4 is 11.1 Å². The number of carbonyl (C=O) groups is 3. The fraction of sp³-hybridized carbons (Fsp3) is 0.643. The monoisotopic (exact) mass is 281 g/mol. The molecule has 20 heavy (non-hydrogen) atoms. The SMILES string of the molecule is CN[C@@H]1CC=CCN([C@H](CC(N)=O)C(C)=O)CC(=O)C1. The smallest absolute Gasteiger partial charge is 0.219 e. The highest BCUT2D eigenvalue weighted by Gasteiger charge is 2.27. The molecule has 0 aromatic carbocycles. The van der Waals surface area contributed by atoms with Gasteiger partial charge in [0.2, 0.25) is 5.91 Å². The number of carbonyl (C=O) groups excluding carboxylic acids is 3. The number of nitrogens with zero attached hydrogens (tertiary/aromatic N) is 1. The number of nitrogens with one attached hydrogen (secondary N) is 1. The van der Waals surface area contributed by atoms with Crippen molar-refractivity contribution in [2.24, 2.45) is 5.73 Å². The van der Waals surface area contributed by atoms with Crippen LogP contribution in [0.15, 0.2) is 12.2 Å². The van der Waals surface area contributed by atoms with Crippen LogP contribution in [0.3, 0.4) is 0 Å². The summed E-state index contributed by atoms with van der Waals surface area (Å²) >= 11 is 0. The number of amides is 1. The van der Waals surface area contributed by atoms with Gasteiger partial charge in [0.15, 0.2) is 0 Å². The summed E-state index contributed by atoms with van der Waals surface area (Å²) in [6, 6.07) is -0.502. The molecule has 0 unspecified atom stereocenters. The van der Waals surface area contributed by atoms with Crippen LogP contribution in [0.2, 0.25) is 0 Å². The maximum absolute atomic E-state index is 12.0. The number of nitrogens with two attached hydrogens (primary N) is 1. The Morgan fingerprint density at radius 2 is 2.20 bits per heavy atom. The van der Waals surface area contributed by atoms with Crippen molar-refractivity contribution in [3.63, 3.8) is 0 Å². The van der Waals surface area contributed by atoms with Crippen LogP contribution in [0, 0.1) is 0 Å². The number of rotatable bonds is 5. The van der Waals surface area contributed by atoms with Crippen LogP contribution in [-0.4, -0.2) is 54.6 Å². The van der Waals surface area contributed by atoms with E-state index in [0.29, 0.717) is 13.0 Å². The van der Waals surface area contributed by atoms with Crippen molar-refractivity contribution in [2.75, 3.05) is 20.1 Å². The molecule has 0 saturated carbocycles. The minimum atomic E-state index is -0.618. The van der Waals surface area contributed by atoms with Gasteiger partial charge < -0.3 is 11.1 Å². The molecule has 0 aromatic heterocycles. The molecule has 2 atom stereocenters. The molecule has 0 aliphatic carbocycles. The van der Waals surface area contributed by atoms with Gasteiger partial charge in [0.25, 0.3) is 0 Å². The van der Waals surface area contributed by atoms with E-state index >= 15 is 0 Å². The van der Waals surface area contributed by atoms with Crippen LogP contribution in [0.1, 0.15) is 26.2 Å². The lowest BCUT2D eigenvalue weighted by molar-refractivity contribution is -0.129. The molecule has 112 valence electrons. The van der Waals surface area contributed by atoms with Crippen molar-refractivity contribution in [1.82, 2.24) is 10.2 Å². The predicted octanol–water partition coefficient (Wildman–Crippen LogP) is -0.371. The molecule has 1 aliphatic heterocycles. The highest BCUT2D eigenvalue weighted by atomic mass is 16.1. The maximum atomic E-state index is 12.0. The first-order chi connectivity index (χ1) is 9.43. The molecule has 3 N–H and O–H groups in total. The van der Waals surface area contributed by atoms with Crippen LogP contribution in [-0.2, 0) is 14.4 Å². The summed E-state index contributed by atoms with van der Waals surface area (Å²) in [5, 5.41) is 3.10. The highest BCUT2D eigenvalue weighted by Crippen LogP contribution is 2.11. The van der Waals surface area contributed by atoms with Crippen molar-refractivity contribution < 1.29 is 14.4 Å². The molecule has 1 heterocycles. The second-order valence-corrected chi connectivity index (χ2v) is 5.16. The number of Topliss-reactive ketones (excluding diaryl/α,β-unsaturated/α-hetero) is 2. The second-order valence-electron chi connectivity index (χ2n) is 5.16. The summed E-state index contributed by atoms with van der Waals surface area (Å²) in [7, 11) is 1.83. The molecule has 1 rings (SSSR count). The zero-order valence-corrected chi connectivity index (χ0v) is 12.1.